The first-order valence-corrected chi connectivity index (χ1v) is 6.16. The molecular formula is C11H15N5O4. The van der Waals surface area contributed by atoms with Gasteiger partial charge in [-0.1, -0.05) is 0 Å². The van der Waals surface area contributed by atoms with Crippen LogP contribution in [0.5, 0.6) is 0 Å². The number of imidazole rings is 1. The van der Waals surface area contributed by atoms with Crippen LogP contribution >= 0.6 is 0 Å². The number of carbonyl (C=O) groups is 1. The second-order valence-corrected chi connectivity index (χ2v) is 4.20. The summed E-state index contributed by atoms with van der Waals surface area (Å²) in [5, 5.41) is 8.50. The molecule has 9 nitrogen and oxygen atoms in total. The van der Waals surface area contributed by atoms with Gasteiger partial charge < -0.3 is 15.7 Å². The predicted octanol–water partition coefficient (Wildman–Crippen LogP) is -0.453. The van der Waals surface area contributed by atoms with Crippen molar-refractivity contribution < 1.29 is 14.7 Å². The minimum atomic E-state index is -0.797. The zero-order valence-corrected chi connectivity index (χ0v) is 10.7. The summed E-state index contributed by atoms with van der Waals surface area (Å²) < 4.78 is 2.57. The van der Waals surface area contributed by atoms with Crippen molar-refractivity contribution in [3.05, 3.63) is 22.9 Å². The number of nitrogens with two attached hydrogens (primary N) is 1. The van der Waals surface area contributed by atoms with E-state index in [4.69, 9.17) is 15.7 Å². The Kier molecular flexibility index (Phi) is 4.18. The average molecular weight is 281 g/mol. The standard InChI is InChI=1S/C11H15N5O4/c12-9-13-10-15(11(19)14-9)5-6-16(10)20-7-3-1-2-4-8(17)18/h5-6H,1-4,7H2,(H,17,18)(H2,12,14,19). The first-order chi connectivity index (χ1) is 9.58. The molecule has 0 saturated heterocycles. The predicted molar refractivity (Wildman–Crippen MR) is 69.2 cm³/mol. The lowest BCUT2D eigenvalue weighted by Gasteiger charge is -2.06. The molecular weight excluding hydrogens is 266 g/mol. The lowest BCUT2D eigenvalue weighted by Crippen LogP contribution is -2.21. The van der Waals surface area contributed by atoms with Crippen molar-refractivity contribution in [2.45, 2.75) is 25.7 Å². The van der Waals surface area contributed by atoms with Gasteiger partial charge in [0.05, 0.1) is 6.20 Å². The Morgan fingerprint density at radius 3 is 2.85 bits per heavy atom. The van der Waals surface area contributed by atoms with Crippen LogP contribution in [0.25, 0.3) is 5.78 Å². The Labute approximate surface area is 113 Å². The summed E-state index contributed by atoms with van der Waals surface area (Å²) in [5.41, 5.74) is 4.90. The van der Waals surface area contributed by atoms with Crippen LogP contribution < -0.4 is 16.3 Å². The largest absolute Gasteiger partial charge is 0.481 e. The highest BCUT2D eigenvalue weighted by Crippen LogP contribution is 2.01. The Morgan fingerprint density at radius 1 is 1.30 bits per heavy atom. The molecule has 0 amide bonds. The molecule has 0 saturated carbocycles. The lowest BCUT2D eigenvalue weighted by molar-refractivity contribution is -0.137. The van der Waals surface area contributed by atoms with Crippen LogP contribution in [0.3, 0.4) is 0 Å². The topological polar surface area (TPSA) is 125 Å². The summed E-state index contributed by atoms with van der Waals surface area (Å²) in [7, 11) is 0. The molecule has 0 aliphatic carbocycles. The van der Waals surface area contributed by atoms with E-state index >= 15 is 0 Å². The lowest BCUT2D eigenvalue weighted by atomic mass is 10.2. The van der Waals surface area contributed by atoms with Gasteiger partial charge in [0, 0.05) is 12.6 Å². The second-order valence-electron chi connectivity index (χ2n) is 4.20. The first kappa shape index (κ1) is 13.8. The molecule has 2 rings (SSSR count). The molecule has 0 aliphatic heterocycles. The molecule has 9 heteroatoms. The monoisotopic (exact) mass is 281 g/mol. The van der Waals surface area contributed by atoms with Gasteiger partial charge in [-0.3, -0.25) is 4.79 Å². The van der Waals surface area contributed by atoms with Gasteiger partial charge in [-0.15, -0.1) is 0 Å². The van der Waals surface area contributed by atoms with Crippen LogP contribution in [0, 0.1) is 0 Å². The van der Waals surface area contributed by atoms with Crippen LogP contribution in [0.4, 0.5) is 5.95 Å². The number of aliphatic carboxylic acids is 1. The van der Waals surface area contributed by atoms with E-state index in [1.54, 1.807) is 6.20 Å². The Hall–Kier alpha value is -2.58. The molecule has 0 bridgehead atoms. The molecule has 108 valence electrons. The number of carboxylic acid groups (broad SMARTS) is 1. The van der Waals surface area contributed by atoms with E-state index in [0.29, 0.717) is 19.4 Å². The highest BCUT2D eigenvalue weighted by atomic mass is 16.7. The van der Waals surface area contributed by atoms with E-state index in [0.717, 1.165) is 6.42 Å². The number of aromatic nitrogens is 4. The van der Waals surface area contributed by atoms with E-state index in [1.165, 1.54) is 15.3 Å². The van der Waals surface area contributed by atoms with E-state index in [1.807, 2.05) is 0 Å². The van der Waals surface area contributed by atoms with E-state index in [9.17, 15) is 9.59 Å². The van der Waals surface area contributed by atoms with E-state index in [-0.39, 0.29) is 18.1 Å². The summed E-state index contributed by atoms with van der Waals surface area (Å²) in [5.74, 6) is -0.651. The van der Waals surface area contributed by atoms with E-state index < -0.39 is 11.7 Å². The zero-order valence-electron chi connectivity index (χ0n) is 10.7. The quantitative estimate of drug-likeness (QED) is 0.658. The second kappa shape index (κ2) is 6.04. The molecule has 2 heterocycles. The van der Waals surface area contributed by atoms with Gasteiger partial charge in [-0.05, 0) is 19.3 Å². The van der Waals surface area contributed by atoms with Crippen molar-refractivity contribution in [3.8, 4) is 0 Å². The number of unbranched alkanes of at least 4 members (excludes halogenated alkanes) is 2. The molecule has 0 spiro atoms. The zero-order chi connectivity index (χ0) is 14.5. The first-order valence-electron chi connectivity index (χ1n) is 6.16. The SMILES string of the molecule is Nc1nc(=O)n2ccn(OCCCCCC(=O)O)c2n1. The van der Waals surface area contributed by atoms with Crippen molar-refractivity contribution >= 4 is 17.7 Å². The molecule has 3 N–H and O–H groups in total. The van der Waals surface area contributed by atoms with Crippen LogP contribution in [-0.4, -0.2) is 36.8 Å². The average Bonchev–Trinajstić information content (AvgIpc) is 2.76. The van der Waals surface area contributed by atoms with Crippen molar-refractivity contribution in [1.82, 2.24) is 19.1 Å². The van der Waals surface area contributed by atoms with Gasteiger partial charge in [0.25, 0.3) is 5.78 Å². The summed E-state index contributed by atoms with van der Waals surface area (Å²) in [4.78, 5) is 34.7. The summed E-state index contributed by atoms with van der Waals surface area (Å²) >= 11 is 0. The Bertz CT molecular complexity index is 662. The molecule has 0 fully saturated rings. The number of carboxylic acids is 1. The third-order valence-corrected chi connectivity index (χ3v) is 2.66. The molecule has 0 aromatic carbocycles. The third kappa shape index (κ3) is 3.25. The number of hydrogen-bond donors (Lipinski definition) is 2. The van der Waals surface area contributed by atoms with Gasteiger partial charge in [0.1, 0.15) is 6.61 Å². The van der Waals surface area contributed by atoms with Crippen LogP contribution in [0.2, 0.25) is 0 Å². The van der Waals surface area contributed by atoms with Crippen molar-refractivity contribution in [2.24, 2.45) is 0 Å². The number of fused-ring (bicyclic) bond motifs is 1. The molecule has 0 unspecified atom stereocenters. The number of anilines is 1. The number of rotatable bonds is 7. The van der Waals surface area contributed by atoms with Gasteiger partial charge in [0.2, 0.25) is 5.95 Å². The molecule has 0 radical (unpaired) electrons. The van der Waals surface area contributed by atoms with Crippen LogP contribution in [-0.2, 0) is 4.79 Å². The smallest absolute Gasteiger partial charge is 0.357 e. The van der Waals surface area contributed by atoms with Gasteiger partial charge in [0.15, 0.2) is 0 Å². The van der Waals surface area contributed by atoms with E-state index in [2.05, 4.69) is 9.97 Å². The maximum atomic E-state index is 11.5. The van der Waals surface area contributed by atoms with Crippen molar-refractivity contribution in [3.63, 3.8) is 0 Å². The molecule has 0 atom stereocenters. The van der Waals surface area contributed by atoms with Crippen LogP contribution in [0.15, 0.2) is 17.2 Å². The van der Waals surface area contributed by atoms with Gasteiger partial charge >= 0.3 is 11.7 Å². The number of nitrogens with zero attached hydrogens (tertiary/aromatic N) is 4. The maximum Gasteiger partial charge on any atom is 0.357 e. The molecule has 2 aromatic heterocycles. The number of hydrogen-bond acceptors (Lipinski definition) is 6. The Balaban J connectivity index is 1.91. The fourth-order valence-electron chi connectivity index (χ4n) is 1.72. The highest BCUT2D eigenvalue weighted by molar-refractivity contribution is 5.66. The third-order valence-electron chi connectivity index (χ3n) is 2.66. The van der Waals surface area contributed by atoms with Gasteiger partial charge in [-0.2, -0.15) is 14.7 Å². The summed E-state index contributed by atoms with van der Waals surface area (Å²) in [6, 6.07) is 0. The summed E-state index contributed by atoms with van der Waals surface area (Å²) in [6.07, 6.45) is 5.26. The van der Waals surface area contributed by atoms with Gasteiger partial charge in [-0.25, -0.2) is 9.20 Å². The molecule has 2 aromatic rings. The molecule has 20 heavy (non-hydrogen) atoms. The fourth-order valence-corrected chi connectivity index (χ4v) is 1.72. The van der Waals surface area contributed by atoms with Crippen molar-refractivity contribution in [2.75, 3.05) is 12.3 Å². The number of nitrogen functional groups attached to an aromatic ring is 1. The Morgan fingerprint density at radius 2 is 2.10 bits per heavy atom. The van der Waals surface area contributed by atoms with Crippen LogP contribution in [0.1, 0.15) is 25.7 Å². The minimum Gasteiger partial charge on any atom is -0.481 e. The maximum absolute atomic E-state index is 11.5. The minimum absolute atomic E-state index is 0.111. The fraction of sp³-hybridized carbons (Fsp3) is 0.455. The molecule has 0 aliphatic rings. The highest BCUT2D eigenvalue weighted by Gasteiger charge is 2.07. The van der Waals surface area contributed by atoms with Crippen molar-refractivity contribution in [1.29, 1.82) is 0 Å². The summed E-state index contributed by atoms with van der Waals surface area (Å²) in [6.45, 7) is 0.391. The normalized spacial score (nSPS) is 10.8.